The minimum Gasteiger partial charge on any atom is -0.224 e. The smallest absolute Gasteiger partial charge is 0.175 e. The molecule has 0 aliphatic carbocycles. The SMILES string of the molecule is CS(=O)(=O)c1ccc(-c2cn[nH]n2)cc1. The number of nitrogens with zero attached hydrogens (tertiary/aromatic N) is 2. The van der Waals surface area contributed by atoms with Gasteiger partial charge in [0.15, 0.2) is 9.84 Å². The molecule has 0 aliphatic rings. The topological polar surface area (TPSA) is 75.7 Å². The third kappa shape index (κ3) is 2.04. The number of sulfone groups is 1. The summed E-state index contributed by atoms with van der Waals surface area (Å²) in [5, 5.41) is 10.1. The van der Waals surface area contributed by atoms with E-state index in [0.717, 1.165) is 5.56 Å². The number of rotatable bonds is 2. The fourth-order valence-electron chi connectivity index (χ4n) is 1.21. The molecule has 15 heavy (non-hydrogen) atoms. The fourth-order valence-corrected chi connectivity index (χ4v) is 1.84. The van der Waals surface area contributed by atoms with Crippen LogP contribution in [-0.4, -0.2) is 30.1 Å². The van der Waals surface area contributed by atoms with Crippen LogP contribution in [0.4, 0.5) is 0 Å². The van der Waals surface area contributed by atoms with Crippen molar-refractivity contribution in [2.24, 2.45) is 0 Å². The monoisotopic (exact) mass is 223 g/mol. The normalized spacial score (nSPS) is 11.5. The number of aromatic amines is 1. The Balaban J connectivity index is 2.42. The van der Waals surface area contributed by atoms with E-state index in [1.807, 2.05) is 0 Å². The van der Waals surface area contributed by atoms with Crippen LogP contribution in [0.15, 0.2) is 35.4 Å². The summed E-state index contributed by atoms with van der Waals surface area (Å²) in [5.74, 6) is 0. The van der Waals surface area contributed by atoms with E-state index in [4.69, 9.17) is 0 Å². The molecule has 6 heteroatoms. The summed E-state index contributed by atoms with van der Waals surface area (Å²) in [6.45, 7) is 0. The minimum absolute atomic E-state index is 0.301. The molecule has 78 valence electrons. The maximum atomic E-state index is 11.2. The molecule has 0 unspecified atom stereocenters. The standard InChI is InChI=1S/C9H9N3O2S/c1-15(13,14)8-4-2-7(3-5-8)9-6-10-12-11-9/h2-6H,1H3,(H,10,11,12). The van der Waals surface area contributed by atoms with E-state index in [9.17, 15) is 8.42 Å². The number of hydrogen-bond acceptors (Lipinski definition) is 4. The summed E-state index contributed by atoms with van der Waals surface area (Å²) in [4.78, 5) is 0.301. The van der Waals surface area contributed by atoms with Gasteiger partial charge < -0.3 is 0 Å². The van der Waals surface area contributed by atoms with Crippen molar-refractivity contribution in [1.82, 2.24) is 15.4 Å². The number of nitrogens with one attached hydrogen (secondary N) is 1. The summed E-state index contributed by atoms with van der Waals surface area (Å²) < 4.78 is 22.4. The molecule has 0 aliphatic heterocycles. The van der Waals surface area contributed by atoms with E-state index in [1.165, 1.54) is 6.26 Å². The van der Waals surface area contributed by atoms with Crippen LogP contribution in [0.3, 0.4) is 0 Å². The summed E-state index contributed by atoms with van der Waals surface area (Å²) in [6.07, 6.45) is 2.76. The highest BCUT2D eigenvalue weighted by Gasteiger charge is 2.07. The first-order valence-electron chi connectivity index (χ1n) is 4.23. The fraction of sp³-hybridized carbons (Fsp3) is 0.111. The summed E-state index contributed by atoms with van der Waals surface area (Å²) in [6, 6.07) is 6.52. The molecule has 0 atom stereocenters. The molecule has 2 rings (SSSR count). The molecule has 1 aromatic heterocycles. The van der Waals surface area contributed by atoms with Crippen LogP contribution in [0.1, 0.15) is 0 Å². The van der Waals surface area contributed by atoms with Crippen molar-refractivity contribution in [3.05, 3.63) is 30.5 Å². The van der Waals surface area contributed by atoms with Gasteiger partial charge in [0.1, 0.15) is 5.69 Å². The highest BCUT2D eigenvalue weighted by atomic mass is 32.2. The van der Waals surface area contributed by atoms with Gasteiger partial charge in [-0.25, -0.2) is 8.42 Å². The van der Waals surface area contributed by atoms with Crippen LogP contribution in [0.2, 0.25) is 0 Å². The van der Waals surface area contributed by atoms with Crippen molar-refractivity contribution in [3.8, 4) is 11.3 Å². The van der Waals surface area contributed by atoms with E-state index >= 15 is 0 Å². The van der Waals surface area contributed by atoms with Crippen LogP contribution < -0.4 is 0 Å². The Morgan fingerprint density at radius 1 is 1.20 bits per heavy atom. The van der Waals surface area contributed by atoms with Gasteiger partial charge in [-0.15, -0.1) is 0 Å². The van der Waals surface area contributed by atoms with Gasteiger partial charge in [0.2, 0.25) is 0 Å². The van der Waals surface area contributed by atoms with Crippen LogP contribution in [0.25, 0.3) is 11.3 Å². The molecule has 0 fully saturated rings. The van der Waals surface area contributed by atoms with Crippen molar-refractivity contribution in [2.75, 3.05) is 6.26 Å². The van der Waals surface area contributed by atoms with Crippen LogP contribution >= 0.6 is 0 Å². The van der Waals surface area contributed by atoms with Crippen molar-refractivity contribution in [2.45, 2.75) is 4.90 Å². The zero-order chi connectivity index (χ0) is 10.9. The quantitative estimate of drug-likeness (QED) is 0.819. The molecule has 5 nitrogen and oxygen atoms in total. The number of benzene rings is 1. The second kappa shape index (κ2) is 3.47. The lowest BCUT2D eigenvalue weighted by Gasteiger charge is -1.99. The Morgan fingerprint density at radius 3 is 2.33 bits per heavy atom. The third-order valence-electron chi connectivity index (χ3n) is 1.99. The first-order valence-corrected chi connectivity index (χ1v) is 6.13. The molecular weight excluding hydrogens is 214 g/mol. The second-order valence-electron chi connectivity index (χ2n) is 3.15. The Kier molecular flexibility index (Phi) is 2.28. The zero-order valence-electron chi connectivity index (χ0n) is 8.01. The van der Waals surface area contributed by atoms with Gasteiger partial charge in [0, 0.05) is 11.8 Å². The predicted molar refractivity (Wildman–Crippen MR) is 54.9 cm³/mol. The lowest BCUT2D eigenvalue weighted by atomic mass is 10.2. The second-order valence-corrected chi connectivity index (χ2v) is 5.17. The van der Waals surface area contributed by atoms with Crippen LogP contribution in [0.5, 0.6) is 0 Å². The molecule has 1 heterocycles. The summed E-state index contributed by atoms with van der Waals surface area (Å²) >= 11 is 0. The summed E-state index contributed by atoms with van der Waals surface area (Å²) in [7, 11) is -3.13. The van der Waals surface area contributed by atoms with Gasteiger partial charge in [0.05, 0.1) is 11.1 Å². The van der Waals surface area contributed by atoms with Crippen molar-refractivity contribution >= 4 is 9.84 Å². The molecule has 0 saturated carbocycles. The minimum atomic E-state index is -3.13. The highest BCUT2D eigenvalue weighted by molar-refractivity contribution is 7.90. The molecule has 1 aromatic carbocycles. The largest absolute Gasteiger partial charge is 0.224 e. The van der Waals surface area contributed by atoms with Gasteiger partial charge in [-0.3, -0.25) is 0 Å². The van der Waals surface area contributed by atoms with E-state index < -0.39 is 9.84 Å². The van der Waals surface area contributed by atoms with E-state index in [-0.39, 0.29) is 0 Å². The molecule has 0 spiro atoms. The first-order chi connectivity index (χ1) is 7.07. The predicted octanol–water partition coefficient (Wildman–Crippen LogP) is 0.875. The van der Waals surface area contributed by atoms with Crippen molar-refractivity contribution in [3.63, 3.8) is 0 Å². The van der Waals surface area contributed by atoms with E-state index in [1.54, 1.807) is 30.5 Å². The third-order valence-corrected chi connectivity index (χ3v) is 3.12. The average Bonchev–Trinajstić information content (AvgIpc) is 2.69. The van der Waals surface area contributed by atoms with E-state index in [2.05, 4.69) is 15.4 Å². The van der Waals surface area contributed by atoms with Gasteiger partial charge in [-0.2, -0.15) is 15.4 Å². The maximum absolute atomic E-state index is 11.2. The molecule has 0 radical (unpaired) electrons. The van der Waals surface area contributed by atoms with E-state index in [0.29, 0.717) is 10.6 Å². The zero-order valence-corrected chi connectivity index (χ0v) is 8.82. The Morgan fingerprint density at radius 2 is 1.87 bits per heavy atom. The Labute approximate surface area is 87.1 Å². The Bertz CT molecular complexity index is 544. The van der Waals surface area contributed by atoms with Crippen molar-refractivity contribution in [1.29, 1.82) is 0 Å². The molecule has 0 amide bonds. The summed E-state index contributed by atoms with van der Waals surface area (Å²) in [5.41, 5.74) is 1.52. The highest BCUT2D eigenvalue weighted by Crippen LogP contribution is 2.17. The van der Waals surface area contributed by atoms with Gasteiger partial charge in [0.25, 0.3) is 0 Å². The molecular formula is C9H9N3O2S. The molecule has 0 bridgehead atoms. The van der Waals surface area contributed by atoms with Crippen LogP contribution in [0, 0.1) is 0 Å². The number of H-pyrrole nitrogens is 1. The molecule has 1 N–H and O–H groups in total. The van der Waals surface area contributed by atoms with Crippen molar-refractivity contribution < 1.29 is 8.42 Å². The van der Waals surface area contributed by atoms with Gasteiger partial charge in [-0.05, 0) is 12.1 Å². The number of hydrogen-bond donors (Lipinski definition) is 1. The average molecular weight is 223 g/mol. The van der Waals surface area contributed by atoms with Gasteiger partial charge in [-0.1, -0.05) is 12.1 Å². The van der Waals surface area contributed by atoms with Gasteiger partial charge >= 0.3 is 0 Å². The van der Waals surface area contributed by atoms with Crippen LogP contribution in [-0.2, 0) is 9.84 Å². The molecule has 2 aromatic rings. The molecule has 0 saturated heterocycles. The lowest BCUT2D eigenvalue weighted by molar-refractivity contribution is 0.602. The first kappa shape index (κ1) is 9.85. The Hall–Kier alpha value is -1.69. The lowest BCUT2D eigenvalue weighted by Crippen LogP contribution is -1.96. The maximum Gasteiger partial charge on any atom is 0.175 e. The number of aromatic nitrogens is 3.